The molecule has 0 aromatic carbocycles. The molecule has 1 heterocycles. The molecule has 0 atom stereocenters. The van der Waals surface area contributed by atoms with Crippen LogP contribution in [0.5, 0.6) is 0 Å². The summed E-state index contributed by atoms with van der Waals surface area (Å²) in [6.45, 7) is 4.49. The number of carbonyl (C=O) groups is 1. The highest BCUT2D eigenvalue weighted by molar-refractivity contribution is 5.90. The van der Waals surface area contributed by atoms with Gasteiger partial charge in [-0.2, -0.15) is 0 Å². The maximum absolute atomic E-state index is 11.0. The Morgan fingerprint density at radius 1 is 1.47 bits per heavy atom. The Labute approximate surface area is 102 Å². The summed E-state index contributed by atoms with van der Waals surface area (Å²) in [5.41, 5.74) is 2.01. The molecule has 0 aliphatic rings. The molecule has 0 unspecified atom stereocenters. The van der Waals surface area contributed by atoms with Gasteiger partial charge in [0, 0.05) is 37.9 Å². The number of aromatic carboxylic acids is 1. The number of likely N-dealkylation sites (N-methyl/N-ethyl adjacent to an activating group) is 1. The molecule has 0 fully saturated rings. The number of aromatic nitrogens is 1. The first-order valence-electron chi connectivity index (χ1n) is 5.78. The van der Waals surface area contributed by atoms with Gasteiger partial charge in [-0.05, 0) is 26.6 Å². The molecular formula is C12H21N3O2. The Kier molecular flexibility index (Phi) is 5.18. The topological polar surface area (TPSA) is 68.4 Å². The van der Waals surface area contributed by atoms with Gasteiger partial charge in [0.25, 0.3) is 0 Å². The summed E-state index contributed by atoms with van der Waals surface area (Å²) < 4.78 is 0. The van der Waals surface area contributed by atoms with Crippen molar-refractivity contribution >= 4 is 5.97 Å². The molecule has 5 heteroatoms. The van der Waals surface area contributed by atoms with Crippen LogP contribution in [0.2, 0.25) is 0 Å². The highest BCUT2D eigenvalue weighted by Crippen LogP contribution is 2.13. The third-order valence-electron chi connectivity index (χ3n) is 2.66. The standard InChI is InChI=1S/C12H21N3O2/c1-9-8-14-10(11(9)12(16)17)4-5-13-6-7-15(2)3/h8,13-14H,4-7H2,1-3H3,(H,16,17). The molecule has 3 N–H and O–H groups in total. The van der Waals surface area contributed by atoms with Crippen LogP contribution in [0, 0.1) is 6.92 Å². The van der Waals surface area contributed by atoms with Crippen molar-refractivity contribution in [2.45, 2.75) is 13.3 Å². The quantitative estimate of drug-likeness (QED) is 0.613. The average molecular weight is 239 g/mol. The van der Waals surface area contributed by atoms with Gasteiger partial charge >= 0.3 is 5.97 Å². The number of nitrogens with zero attached hydrogens (tertiary/aromatic N) is 1. The van der Waals surface area contributed by atoms with Crippen LogP contribution in [-0.2, 0) is 6.42 Å². The summed E-state index contributed by atoms with van der Waals surface area (Å²) >= 11 is 0. The number of hydrogen-bond acceptors (Lipinski definition) is 3. The number of carboxylic acids is 1. The van der Waals surface area contributed by atoms with Crippen molar-refractivity contribution in [1.29, 1.82) is 0 Å². The van der Waals surface area contributed by atoms with E-state index < -0.39 is 5.97 Å². The minimum absolute atomic E-state index is 0.416. The minimum Gasteiger partial charge on any atom is -0.478 e. The summed E-state index contributed by atoms with van der Waals surface area (Å²) in [6, 6.07) is 0. The maximum atomic E-state index is 11.0. The molecule has 0 radical (unpaired) electrons. The predicted molar refractivity (Wildman–Crippen MR) is 67.6 cm³/mol. The summed E-state index contributed by atoms with van der Waals surface area (Å²) in [7, 11) is 4.05. The van der Waals surface area contributed by atoms with Crippen LogP contribution >= 0.6 is 0 Å². The van der Waals surface area contributed by atoms with E-state index in [9.17, 15) is 4.79 Å². The number of nitrogens with one attached hydrogen (secondary N) is 2. The number of carboxylic acid groups (broad SMARTS) is 1. The lowest BCUT2D eigenvalue weighted by Gasteiger charge is -2.10. The van der Waals surface area contributed by atoms with Crippen molar-refractivity contribution in [2.75, 3.05) is 33.7 Å². The van der Waals surface area contributed by atoms with Crippen LogP contribution in [0.1, 0.15) is 21.6 Å². The van der Waals surface area contributed by atoms with Crippen molar-refractivity contribution in [3.8, 4) is 0 Å². The molecule has 0 spiro atoms. The summed E-state index contributed by atoms with van der Waals surface area (Å²) in [5.74, 6) is -0.855. The fourth-order valence-corrected chi connectivity index (χ4v) is 1.71. The lowest BCUT2D eigenvalue weighted by Crippen LogP contribution is -2.28. The van der Waals surface area contributed by atoms with Crippen LogP contribution in [0.4, 0.5) is 0 Å². The van der Waals surface area contributed by atoms with Crippen molar-refractivity contribution in [2.24, 2.45) is 0 Å². The maximum Gasteiger partial charge on any atom is 0.337 e. The zero-order valence-corrected chi connectivity index (χ0v) is 10.7. The van der Waals surface area contributed by atoms with Gasteiger partial charge in [0.15, 0.2) is 0 Å². The normalized spacial score (nSPS) is 11.1. The molecule has 5 nitrogen and oxygen atoms in total. The number of rotatable bonds is 7. The van der Waals surface area contributed by atoms with Crippen molar-refractivity contribution < 1.29 is 9.90 Å². The summed E-state index contributed by atoms with van der Waals surface area (Å²) in [4.78, 5) is 16.2. The molecule has 1 aromatic rings. The van der Waals surface area contributed by atoms with Gasteiger partial charge in [0.2, 0.25) is 0 Å². The molecule has 17 heavy (non-hydrogen) atoms. The van der Waals surface area contributed by atoms with Crippen molar-refractivity contribution in [1.82, 2.24) is 15.2 Å². The van der Waals surface area contributed by atoms with Crippen LogP contribution in [0.3, 0.4) is 0 Å². The highest BCUT2D eigenvalue weighted by atomic mass is 16.4. The fourth-order valence-electron chi connectivity index (χ4n) is 1.71. The molecule has 0 saturated carbocycles. The van der Waals surface area contributed by atoms with Crippen molar-refractivity contribution in [3.63, 3.8) is 0 Å². The SMILES string of the molecule is Cc1c[nH]c(CCNCCN(C)C)c1C(=O)O. The van der Waals surface area contributed by atoms with Gasteiger partial charge in [-0.3, -0.25) is 0 Å². The first-order chi connectivity index (χ1) is 8.02. The Bertz CT molecular complexity index is 372. The first kappa shape index (κ1) is 13.7. The molecule has 0 bridgehead atoms. The molecular weight excluding hydrogens is 218 g/mol. The van der Waals surface area contributed by atoms with Gasteiger partial charge in [-0.25, -0.2) is 4.79 Å². The Balaban J connectivity index is 2.39. The Morgan fingerprint density at radius 2 is 2.18 bits per heavy atom. The first-order valence-corrected chi connectivity index (χ1v) is 5.78. The van der Waals surface area contributed by atoms with E-state index in [0.717, 1.165) is 30.9 Å². The van der Waals surface area contributed by atoms with E-state index in [2.05, 4.69) is 15.2 Å². The second kappa shape index (κ2) is 6.42. The zero-order valence-electron chi connectivity index (χ0n) is 10.7. The van der Waals surface area contributed by atoms with Crippen LogP contribution in [-0.4, -0.2) is 54.7 Å². The van der Waals surface area contributed by atoms with E-state index in [4.69, 9.17) is 5.11 Å². The third kappa shape index (κ3) is 4.20. The second-order valence-corrected chi connectivity index (χ2v) is 4.43. The fraction of sp³-hybridized carbons (Fsp3) is 0.583. The van der Waals surface area contributed by atoms with Crippen LogP contribution in [0.15, 0.2) is 6.20 Å². The third-order valence-corrected chi connectivity index (χ3v) is 2.66. The molecule has 0 aliphatic carbocycles. The lowest BCUT2D eigenvalue weighted by molar-refractivity contribution is 0.0695. The highest BCUT2D eigenvalue weighted by Gasteiger charge is 2.14. The Hall–Kier alpha value is -1.33. The molecule has 0 saturated heterocycles. The molecule has 1 aromatic heterocycles. The van der Waals surface area contributed by atoms with E-state index in [1.807, 2.05) is 21.0 Å². The minimum atomic E-state index is -0.855. The predicted octanol–water partition coefficient (Wildman–Crippen LogP) is 0.715. The number of aryl methyl sites for hydroxylation is 1. The molecule has 96 valence electrons. The average Bonchev–Trinajstić information content (AvgIpc) is 2.59. The lowest BCUT2D eigenvalue weighted by atomic mass is 10.1. The van der Waals surface area contributed by atoms with E-state index in [1.165, 1.54) is 0 Å². The summed E-state index contributed by atoms with van der Waals surface area (Å²) in [6.07, 6.45) is 2.46. The number of H-pyrrole nitrogens is 1. The Morgan fingerprint density at radius 3 is 2.76 bits per heavy atom. The van der Waals surface area contributed by atoms with Gasteiger partial charge in [-0.15, -0.1) is 0 Å². The molecule has 0 amide bonds. The largest absolute Gasteiger partial charge is 0.478 e. The van der Waals surface area contributed by atoms with Gasteiger partial charge in [0.1, 0.15) is 0 Å². The van der Waals surface area contributed by atoms with Crippen LogP contribution < -0.4 is 5.32 Å². The summed E-state index contributed by atoms with van der Waals surface area (Å²) in [5, 5.41) is 12.3. The number of hydrogen-bond donors (Lipinski definition) is 3. The van der Waals surface area contributed by atoms with Crippen molar-refractivity contribution in [3.05, 3.63) is 23.0 Å². The monoisotopic (exact) mass is 239 g/mol. The van der Waals surface area contributed by atoms with Gasteiger partial charge < -0.3 is 20.3 Å². The zero-order chi connectivity index (χ0) is 12.8. The van der Waals surface area contributed by atoms with E-state index in [-0.39, 0.29) is 0 Å². The number of aromatic amines is 1. The molecule has 0 aliphatic heterocycles. The van der Waals surface area contributed by atoms with E-state index in [1.54, 1.807) is 6.20 Å². The van der Waals surface area contributed by atoms with Gasteiger partial charge in [0.05, 0.1) is 5.56 Å². The van der Waals surface area contributed by atoms with E-state index in [0.29, 0.717) is 12.0 Å². The van der Waals surface area contributed by atoms with Crippen LogP contribution in [0.25, 0.3) is 0 Å². The van der Waals surface area contributed by atoms with Gasteiger partial charge in [-0.1, -0.05) is 0 Å². The second-order valence-electron chi connectivity index (χ2n) is 4.43. The smallest absolute Gasteiger partial charge is 0.337 e. The van der Waals surface area contributed by atoms with E-state index >= 15 is 0 Å². The molecule has 1 rings (SSSR count).